The van der Waals surface area contributed by atoms with Crippen molar-refractivity contribution in [2.75, 3.05) is 20.3 Å². The average Bonchev–Trinajstić information content (AvgIpc) is 2.86. The third-order valence-corrected chi connectivity index (χ3v) is 3.40. The summed E-state index contributed by atoms with van der Waals surface area (Å²) in [6.07, 6.45) is 1.60. The Labute approximate surface area is 147 Å². The normalized spacial score (nSPS) is 22.2. The Bertz CT molecular complexity index is 493. The summed E-state index contributed by atoms with van der Waals surface area (Å²) in [7, 11) is 1.26. The lowest BCUT2D eigenvalue weighted by Crippen LogP contribution is -2.31. The van der Waals surface area contributed by atoms with E-state index in [9.17, 15) is 14.4 Å². The predicted octanol–water partition coefficient (Wildman–Crippen LogP) is 1.37. The molecule has 0 spiro atoms. The predicted molar refractivity (Wildman–Crippen MR) is 86.4 cm³/mol. The van der Waals surface area contributed by atoms with Crippen LogP contribution >= 0.6 is 0 Å². The molecule has 1 saturated heterocycles. The van der Waals surface area contributed by atoms with Crippen LogP contribution in [0.1, 0.15) is 34.1 Å². The fraction of sp³-hybridized carbons (Fsp3) is 0.706. The van der Waals surface area contributed by atoms with E-state index in [-0.39, 0.29) is 19.6 Å². The first-order valence-corrected chi connectivity index (χ1v) is 8.19. The van der Waals surface area contributed by atoms with Crippen molar-refractivity contribution in [2.45, 2.75) is 52.1 Å². The molecule has 8 nitrogen and oxygen atoms in total. The van der Waals surface area contributed by atoms with Gasteiger partial charge in [-0.15, -0.1) is 0 Å². The standard InChI is InChI=1S/C17H26O8/c1-6-22-14(18)11(15(19)23-7-2)9-8-10-12-13(16(20)21-5)25-17(3,4)24-12/h8,10-13H,6-7,9H2,1-5H3/b10-8+/t12-,13-/m1/s1. The third kappa shape index (κ3) is 6.13. The summed E-state index contributed by atoms with van der Waals surface area (Å²) in [6.45, 7) is 6.99. The van der Waals surface area contributed by atoms with E-state index in [4.69, 9.17) is 23.7 Å². The second-order valence-corrected chi connectivity index (χ2v) is 5.76. The molecule has 0 unspecified atom stereocenters. The van der Waals surface area contributed by atoms with Crippen molar-refractivity contribution in [3.05, 3.63) is 12.2 Å². The van der Waals surface area contributed by atoms with E-state index in [1.54, 1.807) is 39.8 Å². The first-order valence-electron chi connectivity index (χ1n) is 8.19. The molecule has 0 bridgehead atoms. The number of rotatable bonds is 8. The highest BCUT2D eigenvalue weighted by atomic mass is 16.8. The second-order valence-electron chi connectivity index (χ2n) is 5.76. The fourth-order valence-electron chi connectivity index (χ4n) is 2.35. The van der Waals surface area contributed by atoms with Crippen LogP contribution in [-0.4, -0.2) is 56.2 Å². The summed E-state index contributed by atoms with van der Waals surface area (Å²) in [4.78, 5) is 35.6. The summed E-state index contributed by atoms with van der Waals surface area (Å²) in [5.41, 5.74) is 0. The lowest BCUT2D eigenvalue weighted by Gasteiger charge is -2.15. The van der Waals surface area contributed by atoms with Crippen LogP contribution in [0.25, 0.3) is 0 Å². The minimum Gasteiger partial charge on any atom is -0.467 e. The highest BCUT2D eigenvalue weighted by Crippen LogP contribution is 2.29. The topological polar surface area (TPSA) is 97.4 Å². The maximum atomic E-state index is 11.9. The average molecular weight is 358 g/mol. The Hall–Kier alpha value is -1.93. The van der Waals surface area contributed by atoms with Crippen LogP contribution in [0.4, 0.5) is 0 Å². The van der Waals surface area contributed by atoms with Gasteiger partial charge in [0.1, 0.15) is 6.10 Å². The molecule has 0 N–H and O–H groups in total. The highest BCUT2D eigenvalue weighted by molar-refractivity contribution is 5.95. The molecule has 8 heteroatoms. The van der Waals surface area contributed by atoms with Gasteiger partial charge in [-0.3, -0.25) is 9.59 Å². The van der Waals surface area contributed by atoms with Crippen LogP contribution in [0.2, 0.25) is 0 Å². The Balaban J connectivity index is 2.80. The van der Waals surface area contributed by atoms with Crippen molar-refractivity contribution >= 4 is 17.9 Å². The SMILES string of the molecule is CCOC(=O)C(C/C=C/[C@H]1OC(C)(C)O[C@H]1C(=O)OC)C(=O)OCC. The van der Waals surface area contributed by atoms with E-state index < -0.39 is 41.8 Å². The van der Waals surface area contributed by atoms with Gasteiger partial charge in [0.25, 0.3) is 0 Å². The zero-order valence-corrected chi connectivity index (χ0v) is 15.3. The minimum absolute atomic E-state index is 0.0614. The number of methoxy groups -OCH3 is 1. The van der Waals surface area contributed by atoms with Crippen molar-refractivity contribution in [3.63, 3.8) is 0 Å². The summed E-state index contributed by atoms with van der Waals surface area (Å²) in [6, 6.07) is 0. The monoisotopic (exact) mass is 358 g/mol. The maximum absolute atomic E-state index is 11.9. The van der Waals surface area contributed by atoms with E-state index in [1.165, 1.54) is 7.11 Å². The number of ether oxygens (including phenoxy) is 5. The lowest BCUT2D eigenvalue weighted by molar-refractivity contribution is -0.167. The number of hydrogen-bond donors (Lipinski definition) is 0. The summed E-state index contributed by atoms with van der Waals surface area (Å²) >= 11 is 0. The van der Waals surface area contributed by atoms with Crippen LogP contribution in [0.3, 0.4) is 0 Å². The molecule has 142 valence electrons. The molecule has 0 aromatic rings. The minimum atomic E-state index is -1.07. The van der Waals surface area contributed by atoms with Crippen molar-refractivity contribution in [1.82, 2.24) is 0 Å². The molecule has 0 aromatic carbocycles. The second kappa shape index (κ2) is 9.53. The molecule has 1 aliphatic rings. The Morgan fingerprint density at radius 1 is 1.08 bits per heavy atom. The first kappa shape index (κ1) is 21.1. The molecule has 1 heterocycles. The van der Waals surface area contributed by atoms with Gasteiger partial charge in [0.15, 0.2) is 17.8 Å². The summed E-state index contributed by atoms with van der Waals surface area (Å²) in [5.74, 6) is -3.89. The number of hydrogen-bond acceptors (Lipinski definition) is 8. The number of esters is 3. The highest BCUT2D eigenvalue weighted by Gasteiger charge is 2.44. The largest absolute Gasteiger partial charge is 0.467 e. The van der Waals surface area contributed by atoms with Gasteiger partial charge in [-0.25, -0.2) is 4.79 Å². The zero-order valence-electron chi connectivity index (χ0n) is 15.3. The van der Waals surface area contributed by atoms with Crippen molar-refractivity contribution in [1.29, 1.82) is 0 Å². The number of allylic oxidation sites excluding steroid dienone is 1. The summed E-state index contributed by atoms with van der Waals surface area (Å²) < 4.78 is 25.7. The van der Waals surface area contributed by atoms with Gasteiger partial charge < -0.3 is 23.7 Å². The van der Waals surface area contributed by atoms with Crippen LogP contribution in [0.15, 0.2) is 12.2 Å². The molecular formula is C17H26O8. The smallest absolute Gasteiger partial charge is 0.338 e. The summed E-state index contributed by atoms with van der Waals surface area (Å²) in [5, 5.41) is 0. The quantitative estimate of drug-likeness (QED) is 0.278. The van der Waals surface area contributed by atoms with Crippen molar-refractivity contribution in [3.8, 4) is 0 Å². The molecule has 1 fully saturated rings. The maximum Gasteiger partial charge on any atom is 0.338 e. The van der Waals surface area contributed by atoms with Gasteiger partial charge in [0, 0.05) is 0 Å². The van der Waals surface area contributed by atoms with Crippen LogP contribution in [-0.2, 0) is 38.1 Å². The zero-order chi connectivity index (χ0) is 19.0. The molecule has 0 radical (unpaired) electrons. The molecule has 0 aromatic heterocycles. The van der Waals surface area contributed by atoms with Gasteiger partial charge in [0.2, 0.25) is 0 Å². The van der Waals surface area contributed by atoms with Crippen molar-refractivity contribution in [2.24, 2.45) is 5.92 Å². The van der Waals surface area contributed by atoms with Crippen LogP contribution < -0.4 is 0 Å². The van der Waals surface area contributed by atoms with E-state index in [2.05, 4.69) is 0 Å². The molecule has 25 heavy (non-hydrogen) atoms. The van der Waals surface area contributed by atoms with Gasteiger partial charge in [-0.2, -0.15) is 0 Å². The molecule has 0 aliphatic carbocycles. The third-order valence-electron chi connectivity index (χ3n) is 3.40. The molecule has 2 atom stereocenters. The van der Waals surface area contributed by atoms with Gasteiger partial charge in [-0.05, 0) is 34.1 Å². The lowest BCUT2D eigenvalue weighted by atomic mass is 10.0. The number of carbonyl (C=O) groups is 3. The van der Waals surface area contributed by atoms with Gasteiger partial charge in [-0.1, -0.05) is 12.2 Å². The Kier molecular flexibility index (Phi) is 8.05. The Morgan fingerprint density at radius 2 is 1.64 bits per heavy atom. The molecular weight excluding hydrogens is 332 g/mol. The van der Waals surface area contributed by atoms with E-state index in [0.717, 1.165) is 0 Å². The van der Waals surface area contributed by atoms with Crippen molar-refractivity contribution < 1.29 is 38.1 Å². The van der Waals surface area contributed by atoms with E-state index >= 15 is 0 Å². The molecule has 1 aliphatic heterocycles. The molecule has 1 rings (SSSR count). The first-order chi connectivity index (χ1) is 11.8. The molecule has 0 saturated carbocycles. The van der Waals surface area contributed by atoms with Crippen LogP contribution in [0.5, 0.6) is 0 Å². The van der Waals surface area contributed by atoms with E-state index in [0.29, 0.717) is 0 Å². The fourth-order valence-corrected chi connectivity index (χ4v) is 2.35. The molecule has 0 amide bonds. The van der Waals surface area contributed by atoms with Gasteiger partial charge >= 0.3 is 17.9 Å². The van der Waals surface area contributed by atoms with E-state index in [1.807, 2.05) is 0 Å². The van der Waals surface area contributed by atoms with Crippen LogP contribution in [0, 0.1) is 5.92 Å². The Morgan fingerprint density at radius 3 is 2.12 bits per heavy atom. The van der Waals surface area contributed by atoms with Gasteiger partial charge in [0.05, 0.1) is 20.3 Å². The number of carbonyl (C=O) groups excluding carboxylic acids is 3.